The van der Waals surface area contributed by atoms with Crippen LogP contribution in [0.1, 0.15) is 81.6 Å². The first kappa shape index (κ1) is 37.2. The molecule has 0 aromatic carbocycles. The average Bonchev–Trinajstić information content (AvgIpc) is 2.95. The van der Waals surface area contributed by atoms with Crippen LogP contribution in [0, 0.1) is 35.5 Å². The number of esters is 1. The lowest BCUT2D eigenvalue weighted by molar-refractivity contribution is -0.311. The van der Waals surface area contributed by atoms with Gasteiger partial charge in [-0.25, -0.2) is 4.79 Å². The SMILES string of the molecule is CO/C1=C\C(C)=C\[C@@H](C)[C@@H](O)[C@@H](C)C/C(C)=C/C=C/[C@@H](OC)C([C@H](C)[C@H](O)[C@@H](C)[C@@]2(O)CC[C@H](C)[C@@H](C(C)C)O2)OC1=O. The Morgan fingerprint density at radius 1 is 1.05 bits per heavy atom. The first-order valence-corrected chi connectivity index (χ1v) is 15.8. The molecule has 0 saturated carbocycles. The van der Waals surface area contributed by atoms with Crippen LogP contribution < -0.4 is 0 Å². The molecular formula is C35H58O8. The van der Waals surface area contributed by atoms with E-state index in [1.165, 1.54) is 14.2 Å². The van der Waals surface area contributed by atoms with Crippen molar-refractivity contribution in [2.24, 2.45) is 35.5 Å². The number of hydrogen-bond acceptors (Lipinski definition) is 8. The lowest BCUT2D eigenvalue weighted by Crippen LogP contribution is -2.55. The molecule has 1 fully saturated rings. The van der Waals surface area contributed by atoms with Gasteiger partial charge < -0.3 is 34.3 Å². The fraction of sp³-hybridized carbons (Fsp3) is 0.743. The molecule has 1 unspecified atom stereocenters. The first-order chi connectivity index (χ1) is 20.1. The van der Waals surface area contributed by atoms with E-state index in [-0.39, 0.29) is 29.6 Å². The van der Waals surface area contributed by atoms with Gasteiger partial charge in [-0.15, -0.1) is 0 Å². The summed E-state index contributed by atoms with van der Waals surface area (Å²) in [5.41, 5.74) is 1.83. The highest BCUT2D eigenvalue weighted by Gasteiger charge is 2.49. The Morgan fingerprint density at radius 2 is 1.70 bits per heavy atom. The van der Waals surface area contributed by atoms with Crippen LogP contribution in [-0.4, -0.2) is 71.8 Å². The predicted molar refractivity (Wildman–Crippen MR) is 169 cm³/mol. The fourth-order valence-electron chi connectivity index (χ4n) is 6.55. The number of cyclic esters (lactones) is 1. The standard InChI is InChI=1S/C35H58O8/c1-20(2)32-23(5)15-16-35(39,43-32)27(9)31(37)26(8)33-28(40-10)14-12-13-21(3)17-24(6)30(36)25(7)18-22(4)19-29(41-11)34(38)42-33/h12-14,18-20,23-28,30-33,36-37,39H,15-17H2,1-11H3/b14-12+,21-13+,22-18+,29-19-/t23-,24-,25+,26+,27+,28+,30-,31-,32+,33?,35+/m0/s1. The molecule has 8 heteroatoms. The summed E-state index contributed by atoms with van der Waals surface area (Å²) in [5.74, 6) is -3.18. The van der Waals surface area contributed by atoms with Gasteiger partial charge in [0, 0.05) is 31.3 Å². The molecule has 0 aromatic heterocycles. The third-order valence-corrected chi connectivity index (χ3v) is 9.39. The zero-order valence-corrected chi connectivity index (χ0v) is 28.2. The van der Waals surface area contributed by atoms with E-state index in [4.69, 9.17) is 18.9 Å². The normalized spacial score (nSPS) is 40.1. The molecule has 0 aromatic rings. The van der Waals surface area contributed by atoms with Crippen molar-refractivity contribution in [1.82, 2.24) is 0 Å². The van der Waals surface area contributed by atoms with E-state index in [9.17, 15) is 20.1 Å². The maximum Gasteiger partial charge on any atom is 0.373 e. The number of carbonyl (C=O) groups is 1. The molecule has 2 rings (SSSR count). The largest absolute Gasteiger partial charge is 0.490 e. The fourth-order valence-corrected chi connectivity index (χ4v) is 6.55. The minimum Gasteiger partial charge on any atom is -0.490 e. The number of methoxy groups -OCH3 is 2. The number of allylic oxidation sites excluding steroid dienone is 5. The van der Waals surface area contributed by atoms with Gasteiger partial charge in [0.25, 0.3) is 0 Å². The molecule has 2 aliphatic heterocycles. The molecule has 0 aliphatic carbocycles. The van der Waals surface area contributed by atoms with E-state index in [2.05, 4.69) is 20.8 Å². The molecule has 8 nitrogen and oxygen atoms in total. The zero-order chi connectivity index (χ0) is 32.6. The summed E-state index contributed by atoms with van der Waals surface area (Å²) >= 11 is 0. The highest BCUT2D eigenvalue weighted by atomic mass is 16.6. The smallest absolute Gasteiger partial charge is 0.373 e. The lowest BCUT2D eigenvalue weighted by atomic mass is 9.77. The molecule has 43 heavy (non-hydrogen) atoms. The maximum absolute atomic E-state index is 13.5. The number of ether oxygens (including phenoxy) is 4. The number of aliphatic hydroxyl groups excluding tert-OH is 2. The Kier molecular flexibility index (Phi) is 14.2. The third-order valence-electron chi connectivity index (χ3n) is 9.39. The van der Waals surface area contributed by atoms with Crippen LogP contribution in [0.2, 0.25) is 0 Å². The van der Waals surface area contributed by atoms with Gasteiger partial charge in [-0.3, -0.25) is 0 Å². The van der Waals surface area contributed by atoms with Gasteiger partial charge in [-0.2, -0.15) is 0 Å². The van der Waals surface area contributed by atoms with Gasteiger partial charge in [0.15, 0.2) is 5.79 Å². The second kappa shape index (κ2) is 16.4. The Labute approximate surface area is 259 Å². The molecule has 3 N–H and O–H groups in total. The molecule has 246 valence electrons. The average molecular weight is 607 g/mol. The number of hydrogen-bond donors (Lipinski definition) is 3. The van der Waals surface area contributed by atoms with E-state index in [0.717, 1.165) is 17.6 Å². The number of rotatable bonds is 7. The summed E-state index contributed by atoms with van der Waals surface area (Å²) in [4.78, 5) is 13.5. The van der Waals surface area contributed by atoms with E-state index in [1.807, 2.05) is 45.9 Å². The minimum absolute atomic E-state index is 0.00658. The summed E-state index contributed by atoms with van der Waals surface area (Å²) in [5, 5.41) is 34.2. The van der Waals surface area contributed by atoms with Gasteiger partial charge in [0.1, 0.15) is 12.2 Å². The highest BCUT2D eigenvalue weighted by molar-refractivity contribution is 5.87. The first-order valence-electron chi connectivity index (χ1n) is 15.8. The van der Waals surface area contributed by atoms with Crippen LogP contribution in [0.3, 0.4) is 0 Å². The predicted octanol–water partition coefficient (Wildman–Crippen LogP) is 5.72. The Hall–Kier alpha value is -1.97. The Bertz CT molecular complexity index is 1030. The maximum atomic E-state index is 13.5. The zero-order valence-electron chi connectivity index (χ0n) is 28.2. The van der Waals surface area contributed by atoms with Crippen molar-refractivity contribution >= 4 is 5.97 Å². The number of aliphatic hydroxyl groups is 3. The topological polar surface area (TPSA) is 115 Å². The Balaban J connectivity index is 2.50. The van der Waals surface area contributed by atoms with Crippen molar-refractivity contribution in [2.75, 3.05) is 14.2 Å². The Morgan fingerprint density at radius 3 is 2.28 bits per heavy atom. The monoisotopic (exact) mass is 606 g/mol. The lowest BCUT2D eigenvalue weighted by Gasteiger charge is -2.47. The van der Waals surface area contributed by atoms with Crippen LogP contribution in [-0.2, 0) is 23.7 Å². The molecule has 2 aliphatic rings. The third kappa shape index (κ3) is 9.76. The molecule has 1 saturated heterocycles. The van der Waals surface area contributed by atoms with Crippen LogP contribution in [0.4, 0.5) is 0 Å². The van der Waals surface area contributed by atoms with Crippen molar-refractivity contribution in [3.05, 3.63) is 47.3 Å². The molecule has 0 spiro atoms. The van der Waals surface area contributed by atoms with Crippen LogP contribution in [0.15, 0.2) is 47.3 Å². The molecule has 0 radical (unpaired) electrons. The van der Waals surface area contributed by atoms with E-state index < -0.39 is 48.0 Å². The van der Waals surface area contributed by atoms with E-state index in [0.29, 0.717) is 18.8 Å². The van der Waals surface area contributed by atoms with Crippen molar-refractivity contribution < 1.29 is 39.1 Å². The van der Waals surface area contributed by atoms with Crippen LogP contribution in [0.5, 0.6) is 0 Å². The second-order valence-electron chi connectivity index (χ2n) is 13.4. The van der Waals surface area contributed by atoms with Crippen molar-refractivity contribution in [2.45, 2.75) is 118 Å². The molecule has 2 heterocycles. The summed E-state index contributed by atoms with van der Waals surface area (Å²) in [6.07, 6.45) is 7.60. The van der Waals surface area contributed by atoms with E-state index in [1.54, 1.807) is 26.0 Å². The molecule has 0 amide bonds. The molecule has 11 atom stereocenters. The summed E-state index contributed by atoms with van der Waals surface area (Å²) in [7, 11) is 2.93. The summed E-state index contributed by atoms with van der Waals surface area (Å²) < 4.78 is 23.5. The van der Waals surface area contributed by atoms with Gasteiger partial charge in [-0.05, 0) is 50.5 Å². The van der Waals surface area contributed by atoms with Gasteiger partial charge in [-0.1, -0.05) is 83.9 Å². The van der Waals surface area contributed by atoms with Gasteiger partial charge in [0.2, 0.25) is 5.76 Å². The van der Waals surface area contributed by atoms with E-state index >= 15 is 0 Å². The van der Waals surface area contributed by atoms with Crippen molar-refractivity contribution in [3.8, 4) is 0 Å². The molecular weight excluding hydrogens is 548 g/mol. The van der Waals surface area contributed by atoms with Crippen LogP contribution in [0.25, 0.3) is 0 Å². The number of carbonyl (C=O) groups excluding carboxylic acids is 1. The minimum atomic E-state index is -1.52. The molecule has 0 bridgehead atoms. The van der Waals surface area contributed by atoms with Crippen LogP contribution >= 0.6 is 0 Å². The quantitative estimate of drug-likeness (QED) is 0.315. The van der Waals surface area contributed by atoms with Crippen molar-refractivity contribution in [3.63, 3.8) is 0 Å². The highest BCUT2D eigenvalue weighted by Crippen LogP contribution is 2.41. The van der Waals surface area contributed by atoms with Crippen molar-refractivity contribution in [1.29, 1.82) is 0 Å². The van der Waals surface area contributed by atoms with Gasteiger partial charge in [0.05, 0.1) is 25.4 Å². The van der Waals surface area contributed by atoms with Gasteiger partial charge >= 0.3 is 5.97 Å². The summed E-state index contributed by atoms with van der Waals surface area (Å²) in [6.45, 7) is 17.7. The second-order valence-corrected chi connectivity index (χ2v) is 13.4. The summed E-state index contributed by atoms with van der Waals surface area (Å²) in [6, 6.07) is 0.